The molecular weight excluding hydrogens is 1420 g/mol. The Bertz CT molecular complexity index is 4800. The van der Waals surface area contributed by atoms with Gasteiger partial charge in [0, 0.05) is 20.3 Å². The summed E-state index contributed by atoms with van der Waals surface area (Å²) in [6, 6.07) is 24.8. The van der Waals surface area contributed by atoms with E-state index in [2.05, 4.69) is 88.6 Å². The summed E-state index contributed by atoms with van der Waals surface area (Å²) in [4.78, 5) is 5.83. The quantitative estimate of drug-likeness (QED) is 0.00392. The Kier molecular flexibility index (Phi) is 22.6. The lowest BCUT2D eigenvalue weighted by molar-refractivity contribution is -0.432. The van der Waals surface area contributed by atoms with Crippen LogP contribution in [0.25, 0.3) is 21.5 Å². The number of aromatic hydroxyl groups is 2. The van der Waals surface area contributed by atoms with Crippen LogP contribution in [0.5, 0.6) is 11.5 Å². The second-order valence-electron chi connectivity index (χ2n) is 17.1. The van der Waals surface area contributed by atoms with Crippen molar-refractivity contribution in [1.29, 1.82) is 0 Å². The van der Waals surface area contributed by atoms with Crippen LogP contribution in [0, 0.1) is 22.7 Å². The van der Waals surface area contributed by atoms with E-state index in [4.69, 9.17) is 31.1 Å². The Morgan fingerprint density at radius 2 is 0.785 bits per heavy atom. The van der Waals surface area contributed by atoms with Crippen LogP contribution in [0.1, 0.15) is 0 Å². The monoisotopic (exact) mass is 1450 g/mol. The minimum Gasteiger partial charge on any atom is -0.505 e. The molecule has 8 aromatic rings. The molecule has 8 aromatic carbocycles. The number of rotatable bonds is 24. The summed E-state index contributed by atoms with van der Waals surface area (Å²) >= 11 is 2.20. The van der Waals surface area contributed by atoms with Crippen LogP contribution in [-0.2, 0) is 88.1 Å². The highest BCUT2D eigenvalue weighted by Gasteiger charge is 2.28. The summed E-state index contributed by atoms with van der Waals surface area (Å²) in [5.74, 6) is -1.58. The minimum absolute atomic E-state index is 0.152. The molecule has 0 heterocycles. The zero-order chi connectivity index (χ0) is 67.5. The fourth-order valence-electron chi connectivity index (χ4n) is 7.51. The van der Waals surface area contributed by atoms with Gasteiger partial charge in [-0.3, -0.25) is 28.0 Å². The molecule has 93 heavy (non-hydrogen) atoms. The molecule has 0 saturated carbocycles. The third kappa shape index (κ3) is 18.3. The van der Waals surface area contributed by atoms with Gasteiger partial charge < -0.3 is 21.7 Å². The third-order valence-electron chi connectivity index (χ3n) is 11.2. The van der Waals surface area contributed by atoms with Crippen molar-refractivity contribution in [1.82, 2.24) is 0 Å². The van der Waals surface area contributed by atoms with E-state index in [0.29, 0.717) is 9.79 Å². The van der Waals surface area contributed by atoms with E-state index in [9.17, 15) is 61.4 Å². The summed E-state index contributed by atoms with van der Waals surface area (Å²) in [5, 5.41) is 84.3. The molecule has 0 fully saturated rings. The molecule has 0 spiro atoms. The largest absolute Gasteiger partial charge is 0.505 e. The molecule has 0 aliphatic heterocycles. The first-order valence-electron chi connectivity index (χ1n) is 23.8. The van der Waals surface area contributed by atoms with Crippen LogP contribution in [0.3, 0.4) is 0 Å². The highest BCUT2D eigenvalue weighted by Crippen LogP contribution is 2.52. The number of nitrogen functional groups attached to an aromatic ring is 2. The molecule has 484 valence electrons. The number of phenolic OH excluding ortho intramolecular Hbond substituents is 2. The number of anilines is 2. The lowest BCUT2D eigenvalue weighted by atomic mass is 10.1. The highest BCUT2D eigenvalue weighted by atomic mass is 32.3. The number of azo groups is 4. The Morgan fingerprint density at radius 1 is 0.430 bits per heavy atom. The van der Waals surface area contributed by atoms with Crippen molar-refractivity contribution in [2.75, 3.05) is 11.5 Å². The maximum atomic E-state index is 14.2. The van der Waals surface area contributed by atoms with Gasteiger partial charge in [-0.25, -0.2) is 18.9 Å². The van der Waals surface area contributed by atoms with E-state index in [0.717, 1.165) is 72.1 Å². The van der Waals surface area contributed by atoms with E-state index in [-0.39, 0.29) is 78.2 Å². The molecule has 0 aromatic heterocycles. The Morgan fingerprint density at radius 3 is 1.13 bits per heavy atom. The van der Waals surface area contributed by atoms with Crippen LogP contribution in [0.15, 0.2) is 201 Å². The van der Waals surface area contributed by atoms with Crippen LogP contribution < -0.4 is 11.5 Å². The van der Waals surface area contributed by atoms with Gasteiger partial charge in [-0.1, -0.05) is 22.2 Å². The van der Waals surface area contributed by atoms with Crippen molar-refractivity contribution >= 4 is 177 Å². The molecule has 0 radical (unpaired) electrons. The first kappa shape index (κ1) is 70.1. The molecule has 0 bridgehead atoms. The molecule has 36 nitrogen and oxygen atoms in total. The number of hydrogen-bond acceptors (Lipinski definition) is 36. The van der Waals surface area contributed by atoms with Gasteiger partial charge in [0.2, 0.25) is 9.84 Å². The van der Waals surface area contributed by atoms with E-state index < -0.39 is 116 Å². The predicted octanol–water partition coefficient (Wildman–Crippen LogP) is 11.9. The van der Waals surface area contributed by atoms with Gasteiger partial charge >= 0.3 is 20.8 Å². The lowest BCUT2D eigenvalue weighted by Crippen LogP contribution is -2.02. The van der Waals surface area contributed by atoms with Gasteiger partial charge in [0.25, 0.3) is 20.2 Å². The SMILES string of the molecule is Nc1c(N=Nc2cccc(S(=O)(=O)c3cccc(N=Nc4c(S(=O)(=O)O)cc5cc(SOOO)c(N=Nc6ccc(SC#COOS(=O)(=O)O)cc6)c(O)c5c4N)c3)c2)c(S(=O)(=O)O)cc2cc(SOOO)c(N=Nc3ccc(SC#COOS(=O)(=O)O)cc3)c(O)c12. The minimum atomic E-state index is -5.25. The first-order chi connectivity index (χ1) is 43.9. The van der Waals surface area contributed by atoms with Crippen molar-refractivity contribution in [2.45, 2.75) is 39.2 Å². The number of nitrogens with zero attached hydrogens (tertiary/aromatic N) is 8. The van der Waals surface area contributed by atoms with E-state index >= 15 is 0 Å². The van der Waals surface area contributed by atoms with Gasteiger partial charge in [-0.15, -0.1) is 29.1 Å². The molecule has 0 amide bonds. The summed E-state index contributed by atoms with van der Waals surface area (Å²) < 4.78 is 176. The molecular formula is C48H32N10O26S9. The molecule has 0 saturated heterocycles. The predicted molar refractivity (Wildman–Crippen MR) is 324 cm³/mol. The van der Waals surface area contributed by atoms with Crippen LogP contribution in [0.2, 0.25) is 0 Å². The van der Waals surface area contributed by atoms with Gasteiger partial charge in [-0.05, 0) is 152 Å². The number of benzene rings is 8. The van der Waals surface area contributed by atoms with Crippen molar-refractivity contribution in [3.63, 3.8) is 0 Å². The normalized spacial score (nSPS) is 12.5. The Hall–Kier alpha value is -8.73. The number of sulfone groups is 1. The topological polar surface area (TPSA) is 557 Å². The summed E-state index contributed by atoms with van der Waals surface area (Å²) in [7, 11) is -24.9. The number of thioether (sulfide) groups is 2. The zero-order valence-corrected chi connectivity index (χ0v) is 52.2. The standard InChI is InChI=1S/C48H32N10O26S9/c49-41-39-25(19-35(87-81-79-61)43(47(39)59)55-51-27-7-11-31(12-8-27)85-17-15-77-83-92(71,72)73)21-37(90(65,66)67)45(41)57-53-29-3-1-5-33(23-29)89(63,64)34-6-2-4-30(24-34)54-58-46-38(91(68,69)70)22-26-20-36(88-82-80-62)44(48(60)40(26)42(46)50)56-52-28-9-13-32(14-10-28)86-18-16-78-84-93(74,75)76/h1-14,19-24,59-62H,49-50H2,(H,65,66,67)(H,68,69,70)(H,71,72,73)(H,74,75,76). The molecule has 0 atom stereocenters. The summed E-state index contributed by atoms with van der Waals surface area (Å²) in [5.41, 5.74) is 9.10. The molecule has 0 aliphatic carbocycles. The van der Waals surface area contributed by atoms with Crippen molar-refractivity contribution in [2.24, 2.45) is 40.9 Å². The molecule has 0 aliphatic rings. The van der Waals surface area contributed by atoms with Crippen molar-refractivity contribution < 1.29 is 118 Å². The van der Waals surface area contributed by atoms with Gasteiger partial charge in [0.1, 0.15) is 32.5 Å². The average molecular weight is 1450 g/mol. The molecule has 12 N–H and O–H groups in total. The number of hydrogen-bond donors (Lipinski definition) is 10. The lowest BCUT2D eigenvalue weighted by Gasteiger charge is -2.14. The number of fused-ring (bicyclic) bond motifs is 2. The number of nitrogens with two attached hydrogens (primary N) is 2. The van der Waals surface area contributed by atoms with Crippen LogP contribution >= 0.6 is 47.6 Å². The van der Waals surface area contributed by atoms with Crippen LogP contribution in [-0.4, -0.2) is 81.0 Å². The van der Waals surface area contributed by atoms with Gasteiger partial charge in [-0.2, -0.15) is 54.1 Å². The molecule has 45 heteroatoms. The second-order valence-corrected chi connectivity index (χ2v) is 27.0. The smallest absolute Gasteiger partial charge is 0.433 e. The average Bonchev–Trinajstić information content (AvgIpc) is 0.764. The van der Waals surface area contributed by atoms with Gasteiger partial charge in [0.05, 0.1) is 88.6 Å². The van der Waals surface area contributed by atoms with E-state index in [1.54, 1.807) is 0 Å². The Balaban J connectivity index is 1.08. The maximum Gasteiger partial charge on any atom is 0.433 e. The number of phenols is 2. The highest BCUT2D eigenvalue weighted by molar-refractivity contribution is 8.04. The first-order valence-corrected chi connectivity index (χ1v) is 34.0. The van der Waals surface area contributed by atoms with Gasteiger partial charge in [0.15, 0.2) is 23.7 Å². The Labute approximate surface area is 538 Å². The molecule has 0 unspecified atom stereocenters. The third-order valence-corrected chi connectivity index (χ3v) is 17.8. The molecule has 8 rings (SSSR count). The van der Waals surface area contributed by atoms with Crippen LogP contribution in [0.4, 0.5) is 56.9 Å². The zero-order valence-electron chi connectivity index (χ0n) is 44.9. The fourth-order valence-corrected chi connectivity index (χ4v) is 12.4. The van der Waals surface area contributed by atoms with Crippen molar-refractivity contribution in [3.05, 3.63) is 121 Å². The van der Waals surface area contributed by atoms with E-state index in [1.165, 1.54) is 72.8 Å². The second kappa shape index (κ2) is 29.9. The summed E-state index contributed by atoms with van der Waals surface area (Å²) in [6.45, 7) is 0. The van der Waals surface area contributed by atoms with Crippen molar-refractivity contribution in [3.8, 4) is 34.2 Å². The summed E-state index contributed by atoms with van der Waals surface area (Å²) in [6.07, 6.45) is 3.75. The van der Waals surface area contributed by atoms with E-state index in [1.807, 2.05) is 12.2 Å². The fraction of sp³-hybridized carbons (Fsp3) is 0. The maximum absolute atomic E-state index is 14.2.